The molecule has 0 atom stereocenters. The third kappa shape index (κ3) is 7.86. The van der Waals surface area contributed by atoms with Crippen molar-refractivity contribution in [2.75, 3.05) is 0 Å². The number of carbonyl (C=O) groups excluding carboxylic acids is 2. The van der Waals surface area contributed by atoms with Crippen LogP contribution in [0, 0.1) is 0 Å². The minimum absolute atomic E-state index is 0.546. The number of unbranched alkanes of at least 4 members (excludes halogenated alkanes) is 1. The predicted molar refractivity (Wildman–Crippen MR) is 126 cm³/mol. The summed E-state index contributed by atoms with van der Waals surface area (Å²) in [5.41, 5.74) is 6.17. The van der Waals surface area contributed by atoms with E-state index in [1.165, 1.54) is 0 Å². The molecule has 2 aromatic carbocycles. The van der Waals surface area contributed by atoms with Crippen LogP contribution in [-0.4, -0.2) is 24.0 Å². The molecule has 0 fully saturated rings. The van der Waals surface area contributed by atoms with E-state index in [4.69, 9.17) is 9.98 Å². The van der Waals surface area contributed by atoms with Crippen molar-refractivity contribution in [2.45, 2.75) is 65.2 Å². The Bertz CT molecular complexity index is 850. The highest BCUT2D eigenvalue weighted by molar-refractivity contribution is 6.43. The van der Waals surface area contributed by atoms with Crippen LogP contribution in [0.4, 0.5) is 11.4 Å². The summed E-state index contributed by atoms with van der Waals surface area (Å²) in [4.78, 5) is 30.9. The molecule has 0 bridgehead atoms. The zero-order chi connectivity index (χ0) is 21.6. The molecule has 0 amide bonds. The van der Waals surface area contributed by atoms with Crippen molar-refractivity contribution >= 4 is 35.4 Å². The highest BCUT2D eigenvalue weighted by atomic mass is 16.1. The molecule has 2 aromatic rings. The Morgan fingerprint density at radius 2 is 1.20 bits per heavy atom. The molecular formula is C26H32N2O2. The van der Waals surface area contributed by atoms with Gasteiger partial charge in [0.15, 0.2) is 0 Å². The maximum atomic E-state index is 10.6. The lowest BCUT2D eigenvalue weighted by atomic mass is 10.1. The molecule has 0 aliphatic carbocycles. The third-order valence-corrected chi connectivity index (χ3v) is 4.94. The van der Waals surface area contributed by atoms with Gasteiger partial charge in [-0.2, -0.15) is 0 Å². The first-order valence-corrected chi connectivity index (χ1v) is 10.9. The highest BCUT2D eigenvalue weighted by Crippen LogP contribution is 2.19. The van der Waals surface area contributed by atoms with Gasteiger partial charge in [0, 0.05) is 12.8 Å². The van der Waals surface area contributed by atoms with Crippen molar-refractivity contribution in [1.29, 1.82) is 0 Å². The van der Waals surface area contributed by atoms with E-state index in [1.54, 1.807) is 0 Å². The molecule has 0 unspecified atom stereocenters. The first-order chi connectivity index (χ1) is 14.7. The smallest absolute Gasteiger partial charge is 0.120 e. The van der Waals surface area contributed by atoms with Gasteiger partial charge in [0.2, 0.25) is 0 Å². The Labute approximate surface area is 180 Å². The summed E-state index contributed by atoms with van der Waals surface area (Å²) in [6.45, 7) is 4.29. The second-order valence-electron chi connectivity index (χ2n) is 7.32. The van der Waals surface area contributed by atoms with Crippen LogP contribution in [0.1, 0.15) is 63.5 Å². The van der Waals surface area contributed by atoms with E-state index in [1.807, 2.05) is 48.5 Å². The summed E-state index contributed by atoms with van der Waals surface area (Å²) in [6, 6.07) is 16.2. The number of benzene rings is 2. The first-order valence-electron chi connectivity index (χ1n) is 10.9. The van der Waals surface area contributed by atoms with E-state index in [0.717, 1.165) is 85.0 Å². The van der Waals surface area contributed by atoms with Gasteiger partial charge in [-0.25, -0.2) is 0 Å². The highest BCUT2D eigenvalue weighted by Gasteiger charge is 2.09. The van der Waals surface area contributed by atoms with E-state index in [0.29, 0.717) is 12.8 Å². The molecular weight excluding hydrogens is 372 g/mol. The van der Waals surface area contributed by atoms with Crippen LogP contribution >= 0.6 is 0 Å². The lowest BCUT2D eigenvalue weighted by Crippen LogP contribution is -2.13. The average Bonchev–Trinajstić information content (AvgIpc) is 2.79. The SMILES string of the molecule is CCCCC(=Nc1ccc(CCC=O)cc1)C(CC)=Nc1ccc(CCC=O)cc1. The summed E-state index contributed by atoms with van der Waals surface area (Å²) < 4.78 is 0. The van der Waals surface area contributed by atoms with Gasteiger partial charge in [-0.1, -0.05) is 44.5 Å². The Morgan fingerprint density at radius 1 is 0.733 bits per heavy atom. The number of aldehydes is 2. The Hall–Kier alpha value is -2.88. The van der Waals surface area contributed by atoms with E-state index in [9.17, 15) is 9.59 Å². The van der Waals surface area contributed by atoms with Gasteiger partial charge >= 0.3 is 0 Å². The van der Waals surface area contributed by atoms with Crippen molar-refractivity contribution in [3.63, 3.8) is 0 Å². The molecule has 0 aliphatic rings. The zero-order valence-electron chi connectivity index (χ0n) is 18.1. The van der Waals surface area contributed by atoms with Gasteiger partial charge in [0.25, 0.3) is 0 Å². The van der Waals surface area contributed by atoms with Crippen LogP contribution in [0.2, 0.25) is 0 Å². The molecule has 0 aliphatic heterocycles. The van der Waals surface area contributed by atoms with Crippen LogP contribution in [0.5, 0.6) is 0 Å². The maximum Gasteiger partial charge on any atom is 0.120 e. The molecule has 0 radical (unpaired) electrons. The molecule has 2 rings (SSSR count). The molecule has 4 heteroatoms. The number of carbonyl (C=O) groups is 2. The summed E-state index contributed by atoms with van der Waals surface area (Å²) in [6.07, 6.45) is 8.41. The molecule has 0 saturated carbocycles. The monoisotopic (exact) mass is 404 g/mol. The Kier molecular flexibility index (Phi) is 10.4. The van der Waals surface area contributed by atoms with Crippen molar-refractivity contribution in [1.82, 2.24) is 0 Å². The van der Waals surface area contributed by atoms with Gasteiger partial charge in [-0.3, -0.25) is 9.98 Å². The topological polar surface area (TPSA) is 58.9 Å². The van der Waals surface area contributed by atoms with Crippen LogP contribution in [0.3, 0.4) is 0 Å². The third-order valence-electron chi connectivity index (χ3n) is 4.94. The predicted octanol–water partition coefficient (Wildman–Crippen LogP) is 6.40. The van der Waals surface area contributed by atoms with E-state index in [-0.39, 0.29) is 0 Å². The fourth-order valence-corrected chi connectivity index (χ4v) is 3.19. The lowest BCUT2D eigenvalue weighted by Gasteiger charge is -2.10. The molecule has 158 valence electrons. The summed E-state index contributed by atoms with van der Waals surface area (Å²) >= 11 is 0. The van der Waals surface area contributed by atoms with E-state index >= 15 is 0 Å². The number of aryl methyl sites for hydroxylation is 2. The number of nitrogens with zero attached hydrogens (tertiary/aromatic N) is 2. The van der Waals surface area contributed by atoms with Crippen LogP contribution < -0.4 is 0 Å². The van der Waals surface area contributed by atoms with Gasteiger partial charge < -0.3 is 9.59 Å². The first kappa shape index (κ1) is 23.4. The van der Waals surface area contributed by atoms with Crippen molar-refractivity contribution in [3.05, 3.63) is 59.7 Å². The molecule has 30 heavy (non-hydrogen) atoms. The molecule has 0 spiro atoms. The molecule has 0 N–H and O–H groups in total. The van der Waals surface area contributed by atoms with Crippen molar-refractivity contribution in [3.8, 4) is 0 Å². The van der Waals surface area contributed by atoms with Crippen LogP contribution in [0.15, 0.2) is 58.5 Å². The van der Waals surface area contributed by atoms with Gasteiger partial charge in [-0.05, 0) is 67.5 Å². The fraction of sp³-hybridized carbons (Fsp3) is 0.385. The van der Waals surface area contributed by atoms with E-state index in [2.05, 4.69) is 13.8 Å². The van der Waals surface area contributed by atoms with Crippen LogP contribution in [0.25, 0.3) is 0 Å². The second-order valence-corrected chi connectivity index (χ2v) is 7.32. The second kappa shape index (κ2) is 13.4. The number of aliphatic imine (C=N–C) groups is 2. The van der Waals surface area contributed by atoms with Gasteiger partial charge in [0.05, 0.1) is 22.8 Å². The average molecular weight is 405 g/mol. The van der Waals surface area contributed by atoms with Gasteiger partial charge in [-0.15, -0.1) is 0 Å². The fourth-order valence-electron chi connectivity index (χ4n) is 3.19. The number of hydrogen-bond acceptors (Lipinski definition) is 4. The normalized spacial score (nSPS) is 12.1. The molecule has 0 heterocycles. The minimum Gasteiger partial charge on any atom is -0.303 e. The minimum atomic E-state index is 0.546. The van der Waals surface area contributed by atoms with E-state index < -0.39 is 0 Å². The zero-order valence-corrected chi connectivity index (χ0v) is 18.1. The summed E-state index contributed by atoms with van der Waals surface area (Å²) in [5, 5.41) is 0. The Morgan fingerprint density at radius 3 is 1.60 bits per heavy atom. The lowest BCUT2D eigenvalue weighted by molar-refractivity contribution is -0.108. The largest absolute Gasteiger partial charge is 0.303 e. The number of hydrogen-bond donors (Lipinski definition) is 0. The van der Waals surface area contributed by atoms with Crippen molar-refractivity contribution < 1.29 is 9.59 Å². The maximum absolute atomic E-state index is 10.6. The summed E-state index contributed by atoms with van der Waals surface area (Å²) in [7, 11) is 0. The van der Waals surface area contributed by atoms with Crippen molar-refractivity contribution in [2.24, 2.45) is 9.98 Å². The molecule has 4 nitrogen and oxygen atoms in total. The Balaban J connectivity index is 2.25. The molecule has 0 aromatic heterocycles. The molecule has 0 saturated heterocycles. The number of rotatable bonds is 13. The van der Waals surface area contributed by atoms with Crippen LogP contribution in [-0.2, 0) is 22.4 Å². The van der Waals surface area contributed by atoms with Gasteiger partial charge in [0.1, 0.15) is 12.6 Å². The summed E-state index contributed by atoms with van der Waals surface area (Å²) in [5.74, 6) is 0. The quantitative estimate of drug-likeness (QED) is 0.287. The standard InChI is InChI=1S/C26H32N2O2/c1-3-5-10-26(28-24-17-13-22(14-18-24)9-7-20-30)25(4-2)27-23-15-11-21(12-16-23)8-6-19-29/h11-20H,3-10H2,1-2H3.